The van der Waals surface area contributed by atoms with Gasteiger partial charge >= 0.3 is 0 Å². The van der Waals surface area contributed by atoms with Crippen molar-refractivity contribution in [1.29, 1.82) is 0 Å². The zero-order chi connectivity index (χ0) is 12.0. The summed E-state index contributed by atoms with van der Waals surface area (Å²) in [6.45, 7) is 0.557. The van der Waals surface area contributed by atoms with Gasteiger partial charge in [0.15, 0.2) is 0 Å². The van der Waals surface area contributed by atoms with Gasteiger partial charge in [-0.3, -0.25) is 0 Å². The summed E-state index contributed by atoms with van der Waals surface area (Å²) in [5.41, 5.74) is 1.02. The molecule has 2 N–H and O–H groups in total. The molecule has 0 spiro atoms. The molecule has 0 aliphatic carbocycles. The molecule has 0 heterocycles. The largest absolute Gasteiger partial charge is 0.495 e. The number of unbranched alkanes of at least 4 members (excludes halogenated alkanes) is 1. The number of hydrogen-bond donors (Lipinski definition) is 1. The zero-order valence-corrected chi connectivity index (χ0v) is 10.6. The van der Waals surface area contributed by atoms with E-state index in [1.165, 1.54) is 0 Å². The molecular formula is C11H15Cl2NO2. The van der Waals surface area contributed by atoms with Crippen molar-refractivity contribution in [2.75, 3.05) is 13.7 Å². The maximum atomic E-state index is 6.10. The van der Waals surface area contributed by atoms with Crippen molar-refractivity contribution in [3.63, 3.8) is 0 Å². The van der Waals surface area contributed by atoms with Gasteiger partial charge in [-0.1, -0.05) is 23.2 Å². The van der Waals surface area contributed by atoms with Gasteiger partial charge in [-0.15, -0.1) is 0 Å². The van der Waals surface area contributed by atoms with Crippen LogP contribution in [0.4, 0.5) is 0 Å². The number of benzene rings is 1. The molecule has 0 saturated heterocycles. The molecule has 0 radical (unpaired) electrons. The molecule has 16 heavy (non-hydrogen) atoms. The third-order valence-corrected chi connectivity index (χ3v) is 2.93. The standard InChI is InChI=1S/C11H15Cl2NO2/c1-15-11-7-9(12)8(6-10(11)13)4-2-3-5-16-14/h6-7H,2-5,14H2,1H3. The number of methoxy groups -OCH3 is 1. The van der Waals surface area contributed by atoms with Crippen molar-refractivity contribution >= 4 is 23.2 Å². The molecule has 0 aliphatic heterocycles. The van der Waals surface area contributed by atoms with Crippen molar-refractivity contribution in [3.05, 3.63) is 27.7 Å². The number of hydrogen-bond acceptors (Lipinski definition) is 3. The fourth-order valence-electron chi connectivity index (χ4n) is 1.42. The topological polar surface area (TPSA) is 44.5 Å². The van der Waals surface area contributed by atoms with E-state index in [2.05, 4.69) is 4.84 Å². The Bertz CT molecular complexity index is 345. The first kappa shape index (κ1) is 13.6. The van der Waals surface area contributed by atoms with Crippen molar-refractivity contribution in [3.8, 4) is 5.75 Å². The van der Waals surface area contributed by atoms with E-state index in [0.717, 1.165) is 24.8 Å². The number of ether oxygens (including phenoxy) is 1. The number of rotatable bonds is 6. The number of nitrogens with two attached hydrogens (primary N) is 1. The maximum absolute atomic E-state index is 6.10. The normalized spacial score (nSPS) is 10.5. The first-order valence-electron chi connectivity index (χ1n) is 5.02. The van der Waals surface area contributed by atoms with Crippen molar-refractivity contribution in [2.45, 2.75) is 19.3 Å². The molecule has 1 aromatic carbocycles. The highest BCUT2D eigenvalue weighted by Crippen LogP contribution is 2.31. The monoisotopic (exact) mass is 263 g/mol. The Morgan fingerprint density at radius 2 is 1.94 bits per heavy atom. The fourth-order valence-corrected chi connectivity index (χ4v) is 1.93. The van der Waals surface area contributed by atoms with Gasteiger partial charge in [0.2, 0.25) is 0 Å². The highest BCUT2D eigenvalue weighted by Gasteiger charge is 2.07. The number of halogens is 2. The molecule has 90 valence electrons. The Kier molecular flexibility index (Phi) is 5.91. The highest BCUT2D eigenvalue weighted by molar-refractivity contribution is 6.34. The van der Waals surface area contributed by atoms with Crippen LogP contribution in [0.3, 0.4) is 0 Å². The third-order valence-electron chi connectivity index (χ3n) is 2.28. The van der Waals surface area contributed by atoms with Gasteiger partial charge in [0, 0.05) is 11.1 Å². The van der Waals surface area contributed by atoms with Crippen LogP contribution in [0, 0.1) is 0 Å². The lowest BCUT2D eigenvalue weighted by Crippen LogP contribution is -2.01. The predicted octanol–water partition coefficient (Wildman–Crippen LogP) is 3.22. The van der Waals surface area contributed by atoms with Gasteiger partial charge in [0.25, 0.3) is 0 Å². The van der Waals surface area contributed by atoms with E-state index < -0.39 is 0 Å². The van der Waals surface area contributed by atoms with Crippen LogP contribution in [-0.2, 0) is 11.3 Å². The van der Waals surface area contributed by atoms with Crippen molar-refractivity contribution in [2.24, 2.45) is 5.90 Å². The van der Waals surface area contributed by atoms with Crippen LogP contribution in [0.5, 0.6) is 5.75 Å². The Labute approximate surface area is 105 Å². The first-order valence-corrected chi connectivity index (χ1v) is 5.78. The Hall–Kier alpha value is -0.480. The second-order valence-electron chi connectivity index (χ2n) is 3.41. The zero-order valence-electron chi connectivity index (χ0n) is 9.13. The molecule has 1 rings (SSSR count). The number of aryl methyl sites for hydroxylation is 1. The summed E-state index contributed by atoms with van der Waals surface area (Å²) >= 11 is 12.1. The second-order valence-corrected chi connectivity index (χ2v) is 4.22. The van der Waals surface area contributed by atoms with Gasteiger partial charge in [0.05, 0.1) is 18.7 Å². The highest BCUT2D eigenvalue weighted by atomic mass is 35.5. The molecule has 0 aliphatic rings. The minimum Gasteiger partial charge on any atom is -0.495 e. The molecule has 0 bridgehead atoms. The van der Waals surface area contributed by atoms with Gasteiger partial charge in [-0.25, -0.2) is 5.90 Å². The van der Waals surface area contributed by atoms with Crippen LogP contribution in [0.25, 0.3) is 0 Å². The van der Waals surface area contributed by atoms with Crippen LogP contribution in [0.1, 0.15) is 18.4 Å². The van der Waals surface area contributed by atoms with E-state index in [4.69, 9.17) is 33.8 Å². The summed E-state index contributed by atoms with van der Waals surface area (Å²) in [6, 6.07) is 3.57. The predicted molar refractivity (Wildman–Crippen MR) is 66.1 cm³/mol. The van der Waals surface area contributed by atoms with Crippen LogP contribution in [-0.4, -0.2) is 13.7 Å². The average Bonchev–Trinajstić information content (AvgIpc) is 2.28. The Balaban J connectivity index is 2.63. The van der Waals surface area contributed by atoms with Crippen LogP contribution < -0.4 is 10.6 Å². The van der Waals surface area contributed by atoms with Crippen LogP contribution >= 0.6 is 23.2 Å². The first-order chi connectivity index (χ1) is 7.69. The average molecular weight is 264 g/mol. The summed E-state index contributed by atoms with van der Waals surface area (Å²) in [4.78, 5) is 4.49. The lowest BCUT2D eigenvalue weighted by molar-refractivity contribution is 0.134. The van der Waals surface area contributed by atoms with E-state index in [1.54, 1.807) is 13.2 Å². The molecule has 3 nitrogen and oxygen atoms in total. The van der Waals surface area contributed by atoms with Crippen LogP contribution in [0.2, 0.25) is 10.0 Å². The van der Waals surface area contributed by atoms with E-state index >= 15 is 0 Å². The second kappa shape index (κ2) is 6.97. The summed E-state index contributed by atoms with van der Waals surface area (Å²) < 4.78 is 5.07. The van der Waals surface area contributed by atoms with E-state index in [1.807, 2.05) is 6.07 Å². The summed E-state index contributed by atoms with van der Waals surface area (Å²) in [6.07, 6.45) is 2.71. The molecular weight excluding hydrogens is 249 g/mol. The minimum atomic E-state index is 0.557. The summed E-state index contributed by atoms with van der Waals surface area (Å²) in [5, 5.41) is 1.26. The SMILES string of the molecule is COc1cc(Cl)c(CCCCON)cc1Cl. The fraction of sp³-hybridized carbons (Fsp3) is 0.455. The summed E-state index contributed by atoms with van der Waals surface area (Å²) in [7, 11) is 1.57. The smallest absolute Gasteiger partial charge is 0.138 e. The van der Waals surface area contributed by atoms with Crippen LogP contribution in [0.15, 0.2) is 12.1 Å². The quantitative estimate of drug-likeness (QED) is 0.633. The molecule has 1 aromatic rings. The molecule has 0 saturated carbocycles. The molecule has 0 aromatic heterocycles. The van der Waals surface area contributed by atoms with Gasteiger partial charge in [-0.2, -0.15) is 0 Å². The van der Waals surface area contributed by atoms with Gasteiger partial charge in [-0.05, 0) is 30.9 Å². The van der Waals surface area contributed by atoms with Crippen molar-refractivity contribution in [1.82, 2.24) is 0 Å². The van der Waals surface area contributed by atoms with Gasteiger partial charge < -0.3 is 9.57 Å². The lowest BCUT2D eigenvalue weighted by Gasteiger charge is -2.08. The van der Waals surface area contributed by atoms with Gasteiger partial charge in [0.1, 0.15) is 5.75 Å². The van der Waals surface area contributed by atoms with E-state index in [9.17, 15) is 0 Å². The third kappa shape index (κ3) is 3.83. The maximum Gasteiger partial charge on any atom is 0.138 e. The minimum absolute atomic E-state index is 0.557. The Morgan fingerprint density at radius 1 is 1.19 bits per heavy atom. The Morgan fingerprint density at radius 3 is 2.56 bits per heavy atom. The molecule has 5 heteroatoms. The van der Waals surface area contributed by atoms with E-state index in [0.29, 0.717) is 22.4 Å². The van der Waals surface area contributed by atoms with Crippen molar-refractivity contribution < 1.29 is 9.57 Å². The molecule has 0 fully saturated rings. The summed E-state index contributed by atoms with van der Waals surface area (Å²) in [5.74, 6) is 5.53. The molecule has 0 amide bonds. The van der Waals surface area contributed by atoms with E-state index in [-0.39, 0.29) is 0 Å². The molecule has 0 unspecified atom stereocenters. The molecule has 0 atom stereocenters. The lowest BCUT2D eigenvalue weighted by atomic mass is 10.1.